The Bertz CT molecular complexity index is 1460. The maximum Gasteiger partial charge on any atom is 0.339 e. The van der Waals surface area contributed by atoms with Crippen LogP contribution in [0.5, 0.6) is 17.2 Å². The van der Waals surface area contributed by atoms with Crippen LogP contribution in [0.2, 0.25) is 10.0 Å². The van der Waals surface area contributed by atoms with Crippen molar-refractivity contribution in [2.45, 2.75) is 4.90 Å². The van der Waals surface area contributed by atoms with Gasteiger partial charge in [-0.2, -0.15) is 8.42 Å². The fourth-order valence-electron chi connectivity index (χ4n) is 3.28. The Morgan fingerprint density at radius 2 is 1.59 bits per heavy atom. The van der Waals surface area contributed by atoms with E-state index in [1.165, 1.54) is 43.5 Å². The number of rotatable bonds is 9. The standard InChI is InChI=1S/C25H19Cl2NO7S2/c1-33-21-4-2-3-16(23(21)35-37(31,32)20-11-7-18(27)8-12-20)15-22-24(29)28(25(30)36-22)13-14-34-19-9-5-17(26)6-10-19/h2-12,15H,13-14H2,1H3/b22-15-. The van der Waals surface area contributed by atoms with E-state index in [2.05, 4.69) is 0 Å². The number of benzene rings is 3. The van der Waals surface area contributed by atoms with Gasteiger partial charge in [-0.25, -0.2) is 0 Å². The van der Waals surface area contributed by atoms with Crippen molar-refractivity contribution >= 4 is 62.3 Å². The summed E-state index contributed by atoms with van der Waals surface area (Å²) < 4.78 is 42.1. The Morgan fingerprint density at radius 3 is 2.24 bits per heavy atom. The molecule has 0 N–H and O–H groups in total. The highest BCUT2D eigenvalue weighted by atomic mass is 35.5. The van der Waals surface area contributed by atoms with Gasteiger partial charge in [0.15, 0.2) is 11.5 Å². The van der Waals surface area contributed by atoms with E-state index in [4.69, 9.17) is 36.9 Å². The molecule has 2 amide bonds. The summed E-state index contributed by atoms with van der Waals surface area (Å²) in [6.45, 7) is 0.108. The van der Waals surface area contributed by atoms with Crippen molar-refractivity contribution in [3.63, 3.8) is 0 Å². The van der Waals surface area contributed by atoms with E-state index in [0.29, 0.717) is 15.8 Å². The highest BCUT2D eigenvalue weighted by molar-refractivity contribution is 8.18. The molecule has 0 aromatic heterocycles. The van der Waals surface area contributed by atoms with Crippen LogP contribution >= 0.6 is 35.0 Å². The predicted octanol–water partition coefficient (Wildman–Crippen LogP) is 5.89. The molecule has 0 unspecified atom stereocenters. The van der Waals surface area contributed by atoms with Crippen LogP contribution in [0, 0.1) is 0 Å². The first-order valence-electron chi connectivity index (χ1n) is 10.7. The van der Waals surface area contributed by atoms with Gasteiger partial charge in [0.05, 0.1) is 18.6 Å². The van der Waals surface area contributed by atoms with E-state index in [0.717, 1.165) is 16.7 Å². The van der Waals surface area contributed by atoms with Crippen molar-refractivity contribution in [2.24, 2.45) is 0 Å². The van der Waals surface area contributed by atoms with Crippen LogP contribution in [-0.4, -0.2) is 44.7 Å². The number of para-hydroxylation sites is 1. The molecule has 1 fully saturated rings. The average Bonchev–Trinajstić information content (AvgIpc) is 3.13. The second-order valence-corrected chi connectivity index (χ2v) is 10.9. The van der Waals surface area contributed by atoms with E-state index in [-0.39, 0.29) is 40.0 Å². The molecular weight excluding hydrogens is 561 g/mol. The predicted molar refractivity (Wildman–Crippen MR) is 142 cm³/mol. The smallest absolute Gasteiger partial charge is 0.339 e. The summed E-state index contributed by atoms with van der Waals surface area (Å²) in [5.41, 5.74) is 0.236. The van der Waals surface area contributed by atoms with Gasteiger partial charge in [-0.3, -0.25) is 14.5 Å². The molecule has 3 aromatic rings. The van der Waals surface area contributed by atoms with E-state index >= 15 is 0 Å². The Hall–Kier alpha value is -3.18. The summed E-state index contributed by atoms with van der Waals surface area (Å²) in [4.78, 5) is 26.5. The third-order valence-electron chi connectivity index (χ3n) is 5.08. The molecule has 1 aliphatic rings. The quantitative estimate of drug-likeness (QED) is 0.229. The molecule has 192 valence electrons. The number of methoxy groups -OCH3 is 1. The topological polar surface area (TPSA) is 99.2 Å². The monoisotopic (exact) mass is 579 g/mol. The fraction of sp³-hybridized carbons (Fsp3) is 0.120. The Kier molecular flexibility index (Phi) is 8.33. The van der Waals surface area contributed by atoms with Gasteiger partial charge in [-0.15, -0.1) is 0 Å². The van der Waals surface area contributed by atoms with E-state index < -0.39 is 21.3 Å². The zero-order valence-corrected chi connectivity index (χ0v) is 22.4. The minimum atomic E-state index is -4.26. The van der Waals surface area contributed by atoms with Crippen LogP contribution in [-0.2, 0) is 14.9 Å². The van der Waals surface area contributed by atoms with Crippen LogP contribution in [0.4, 0.5) is 4.79 Å². The summed E-state index contributed by atoms with van der Waals surface area (Å²) in [6, 6.07) is 16.8. The van der Waals surface area contributed by atoms with Crippen LogP contribution in [0.1, 0.15) is 5.56 Å². The van der Waals surface area contributed by atoms with Gasteiger partial charge in [-0.05, 0) is 72.4 Å². The molecule has 0 aliphatic carbocycles. The molecule has 3 aromatic carbocycles. The van der Waals surface area contributed by atoms with Crippen LogP contribution in [0.15, 0.2) is 76.5 Å². The molecule has 1 heterocycles. The number of hydrogen-bond acceptors (Lipinski definition) is 8. The molecular formula is C25H19Cl2NO7S2. The van der Waals surface area contributed by atoms with E-state index in [9.17, 15) is 18.0 Å². The van der Waals surface area contributed by atoms with Crippen molar-refractivity contribution < 1.29 is 31.7 Å². The lowest BCUT2D eigenvalue weighted by Gasteiger charge is -2.14. The molecule has 0 radical (unpaired) electrons. The molecule has 0 atom stereocenters. The summed E-state index contributed by atoms with van der Waals surface area (Å²) in [7, 11) is -2.90. The molecule has 1 aliphatic heterocycles. The third-order valence-corrected chi connectivity index (χ3v) is 7.73. The maximum absolute atomic E-state index is 13.0. The normalized spacial score (nSPS) is 14.8. The van der Waals surface area contributed by atoms with Gasteiger partial charge in [0.25, 0.3) is 11.1 Å². The summed E-state index contributed by atoms with van der Waals surface area (Å²) in [6.07, 6.45) is 1.39. The summed E-state index contributed by atoms with van der Waals surface area (Å²) in [5, 5.41) is 0.451. The molecule has 0 bridgehead atoms. The molecule has 0 saturated carbocycles. The first-order chi connectivity index (χ1) is 17.7. The number of thioether (sulfide) groups is 1. The SMILES string of the molecule is COc1cccc(/C=C2\SC(=O)N(CCOc3ccc(Cl)cc3)C2=O)c1OS(=O)(=O)c1ccc(Cl)cc1. The highest BCUT2D eigenvalue weighted by Gasteiger charge is 2.35. The van der Waals surface area contributed by atoms with E-state index in [1.54, 1.807) is 36.4 Å². The first kappa shape index (κ1) is 26.9. The van der Waals surface area contributed by atoms with Gasteiger partial charge in [-0.1, -0.05) is 35.3 Å². The number of halogens is 2. The van der Waals surface area contributed by atoms with Crippen LogP contribution < -0.4 is 13.7 Å². The average molecular weight is 580 g/mol. The van der Waals surface area contributed by atoms with Gasteiger partial charge >= 0.3 is 10.1 Å². The lowest BCUT2D eigenvalue weighted by Crippen LogP contribution is -2.32. The number of nitrogens with zero attached hydrogens (tertiary/aromatic N) is 1. The van der Waals surface area contributed by atoms with Crippen molar-refractivity contribution in [2.75, 3.05) is 20.3 Å². The Morgan fingerprint density at radius 1 is 0.946 bits per heavy atom. The Balaban J connectivity index is 1.54. The van der Waals surface area contributed by atoms with Gasteiger partial charge in [0.2, 0.25) is 0 Å². The molecule has 8 nitrogen and oxygen atoms in total. The minimum absolute atomic E-state index is 0.0248. The number of carbonyl (C=O) groups excluding carboxylic acids is 2. The van der Waals surface area contributed by atoms with Crippen molar-refractivity contribution in [3.05, 3.63) is 87.2 Å². The number of ether oxygens (including phenoxy) is 2. The fourth-order valence-corrected chi connectivity index (χ4v) is 5.35. The van der Waals surface area contributed by atoms with Crippen LogP contribution in [0.3, 0.4) is 0 Å². The van der Waals surface area contributed by atoms with Crippen molar-refractivity contribution in [3.8, 4) is 17.2 Å². The van der Waals surface area contributed by atoms with Crippen molar-refractivity contribution in [1.82, 2.24) is 4.90 Å². The van der Waals surface area contributed by atoms with E-state index in [1.807, 2.05) is 0 Å². The number of carbonyl (C=O) groups is 2. The van der Waals surface area contributed by atoms with Gasteiger partial charge in [0, 0.05) is 15.6 Å². The van der Waals surface area contributed by atoms with Gasteiger partial charge < -0.3 is 13.7 Å². The highest BCUT2D eigenvalue weighted by Crippen LogP contribution is 2.38. The lowest BCUT2D eigenvalue weighted by atomic mass is 10.1. The second-order valence-electron chi connectivity index (χ2n) is 7.51. The van der Waals surface area contributed by atoms with Gasteiger partial charge in [0.1, 0.15) is 17.3 Å². The summed E-state index contributed by atoms with van der Waals surface area (Å²) in [5.74, 6) is 0.00992. The largest absolute Gasteiger partial charge is 0.493 e. The number of hydrogen-bond donors (Lipinski definition) is 0. The van der Waals surface area contributed by atoms with Crippen LogP contribution in [0.25, 0.3) is 6.08 Å². The number of amides is 2. The second kappa shape index (κ2) is 11.5. The third kappa shape index (κ3) is 6.40. The molecule has 0 spiro atoms. The Labute approximate surface area is 227 Å². The number of imide groups is 1. The molecule has 12 heteroatoms. The lowest BCUT2D eigenvalue weighted by molar-refractivity contribution is -0.123. The first-order valence-corrected chi connectivity index (χ1v) is 13.7. The molecule has 37 heavy (non-hydrogen) atoms. The molecule has 1 saturated heterocycles. The zero-order valence-electron chi connectivity index (χ0n) is 19.2. The minimum Gasteiger partial charge on any atom is -0.493 e. The van der Waals surface area contributed by atoms with Crippen molar-refractivity contribution in [1.29, 1.82) is 0 Å². The summed E-state index contributed by atoms with van der Waals surface area (Å²) >= 11 is 12.4. The molecule has 4 rings (SSSR count). The maximum atomic E-state index is 13.0. The zero-order chi connectivity index (χ0) is 26.6.